The van der Waals surface area contributed by atoms with Crippen molar-refractivity contribution in [2.45, 2.75) is 18.8 Å². The second kappa shape index (κ2) is 3.92. The molecular weight excluding hydrogens is 306 g/mol. The highest BCUT2D eigenvalue weighted by molar-refractivity contribution is 9.10. The van der Waals surface area contributed by atoms with Gasteiger partial charge >= 0.3 is 0 Å². The van der Waals surface area contributed by atoms with Crippen molar-refractivity contribution in [1.29, 1.82) is 0 Å². The van der Waals surface area contributed by atoms with E-state index in [9.17, 15) is 9.18 Å². The van der Waals surface area contributed by atoms with Crippen molar-refractivity contribution in [2.24, 2.45) is 5.92 Å². The number of carbonyl (C=O) groups is 1. The molecule has 1 aromatic rings. The second-order valence-corrected chi connectivity index (χ2v) is 5.86. The molecule has 0 heterocycles. The highest BCUT2D eigenvalue weighted by atomic mass is 79.9. The minimum atomic E-state index is -0.282. The average Bonchev–Trinajstić information content (AvgIpc) is 2.39. The maximum absolute atomic E-state index is 13.6. The van der Waals surface area contributed by atoms with Crippen LogP contribution in [0.4, 0.5) is 4.39 Å². The summed E-state index contributed by atoms with van der Waals surface area (Å²) in [6, 6.07) is 3.19. The normalized spacial score (nSPS) is 26.1. The lowest BCUT2D eigenvalue weighted by Crippen LogP contribution is -2.20. The third kappa shape index (κ3) is 1.59. The third-order valence-corrected chi connectivity index (χ3v) is 4.81. The summed E-state index contributed by atoms with van der Waals surface area (Å²) >= 11 is 9.39. The van der Waals surface area contributed by atoms with Crippen molar-refractivity contribution in [3.63, 3.8) is 0 Å². The first kappa shape index (κ1) is 11.4. The molecule has 0 aromatic heterocycles. The zero-order valence-electron chi connectivity index (χ0n) is 8.84. The van der Waals surface area contributed by atoms with Gasteiger partial charge in [-0.15, -0.1) is 0 Å². The molecule has 0 saturated heterocycles. The Bertz CT molecular complexity index is 547. The van der Waals surface area contributed by atoms with E-state index in [1.807, 2.05) is 0 Å². The van der Waals surface area contributed by atoms with Gasteiger partial charge in [0.2, 0.25) is 0 Å². The van der Waals surface area contributed by atoms with E-state index < -0.39 is 0 Å². The maximum atomic E-state index is 13.6. The minimum absolute atomic E-state index is 0.274. The average molecular weight is 316 g/mol. The zero-order valence-corrected chi connectivity index (χ0v) is 11.2. The van der Waals surface area contributed by atoms with Gasteiger partial charge in [0.25, 0.3) is 0 Å². The van der Waals surface area contributed by atoms with Crippen molar-refractivity contribution >= 4 is 39.4 Å². The van der Waals surface area contributed by atoms with Crippen LogP contribution in [0.5, 0.6) is 0 Å². The number of halogens is 3. The molecule has 4 heteroatoms. The molecule has 0 atom stereocenters. The van der Waals surface area contributed by atoms with E-state index in [-0.39, 0.29) is 11.7 Å². The lowest BCUT2D eigenvalue weighted by molar-refractivity contribution is -0.103. The van der Waals surface area contributed by atoms with Crippen LogP contribution in [0.3, 0.4) is 0 Å². The SMILES string of the molecule is O=CC1=C(Cl)C2CC(C2)c2cc(F)c(Br)cc21. The second-order valence-electron chi connectivity index (χ2n) is 4.60. The summed E-state index contributed by atoms with van der Waals surface area (Å²) in [4.78, 5) is 11.2. The Balaban J connectivity index is 2.29. The summed E-state index contributed by atoms with van der Waals surface area (Å²) < 4.78 is 13.9. The first-order chi connectivity index (χ1) is 8.11. The first-order valence-electron chi connectivity index (χ1n) is 5.46. The number of carbonyl (C=O) groups excluding carboxylic acids is 1. The first-order valence-corrected chi connectivity index (χ1v) is 6.63. The largest absolute Gasteiger partial charge is 0.298 e. The van der Waals surface area contributed by atoms with Gasteiger partial charge in [0.1, 0.15) is 5.82 Å². The van der Waals surface area contributed by atoms with Crippen LogP contribution in [0.1, 0.15) is 29.9 Å². The molecule has 1 aromatic carbocycles. The Morgan fingerprint density at radius 2 is 2.06 bits per heavy atom. The molecule has 2 bridgehead atoms. The van der Waals surface area contributed by atoms with Gasteiger partial charge in [-0.05, 0) is 63.9 Å². The molecule has 3 aliphatic rings. The fourth-order valence-corrected chi connectivity index (χ4v) is 3.35. The van der Waals surface area contributed by atoms with Crippen molar-refractivity contribution in [1.82, 2.24) is 0 Å². The van der Waals surface area contributed by atoms with Crippen LogP contribution in [-0.2, 0) is 4.79 Å². The van der Waals surface area contributed by atoms with E-state index in [2.05, 4.69) is 15.9 Å². The molecule has 1 saturated carbocycles. The summed E-state index contributed by atoms with van der Waals surface area (Å²) in [5, 5.41) is 0.633. The van der Waals surface area contributed by atoms with Gasteiger partial charge < -0.3 is 0 Å². The summed E-state index contributed by atoms with van der Waals surface area (Å²) in [7, 11) is 0. The number of aldehydes is 1. The van der Waals surface area contributed by atoms with Gasteiger partial charge in [0, 0.05) is 10.6 Å². The number of hydrogen-bond donors (Lipinski definition) is 0. The van der Waals surface area contributed by atoms with E-state index >= 15 is 0 Å². The van der Waals surface area contributed by atoms with Gasteiger partial charge in [-0.2, -0.15) is 0 Å². The van der Waals surface area contributed by atoms with Gasteiger partial charge in [0.15, 0.2) is 6.29 Å². The van der Waals surface area contributed by atoms with E-state index in [0.29, 0.717) is 21.0 Å². The Morgan fingerprint density at radius 1 is 1.35 bits per heavy atom. The quantitative estimate of drug-likeness (QED) is 0.708. The molecule has 4 rings (SSSR count). The molecule has 0 amide bonds. The topological polar surface area (TPSA) is 17.1 Å². The van der Waals surface area contributed by atoms with Crippen molar-refractivity contribution in [3.8, 4) is 0 Å². The molecule has 88 valence electrons. The zero-order chi connectivity index (χ0) is 12.2. The molecule has 0 aliphatic heterocycles. The van der Waals surface area contributed by atoms with Crippen LogP contribution in [0, 0.1) is 11.7 Å². The lowest BCUT2D eigenvalue weighted by Gasteiger charge is -2.33. The Labute approximate surface area is 112 Å². The summed E-state index contributed by atoms with van der Waals surface area (Å²) in [5.74, 6) is 0.329. The summed E-state index contributed by atoms with van der Waals surface area (Å²) in [6.45, 7) is 0. The van der Waals surface area contributed by atoms with E-state index in [1.165, 1.54) is 6.07 Å². The van der Waals surface area contributed by atoms with Crippen LogP contribution in [0.2, 0.25) is 0 Å². The van der Waals surface area contributed by atoms with Crippen LogP contribution in [-0.4, -0.2) is 6.29 Å². The van der Waals surface area contributed by atoms with Crippen molar-refractivity contribution in [3.05, 3.63) is 38.6 Å². The van der Waals surface area contributed by atoms with Gasteiger partial charge in [-0.25, -0.2) is 4.39 Å². The Hall–Kier alpha value is -0.670. The number of hydrogen-bond acceptors (Lipinski definition) is 1. The standard InChI is InChI=1S/C13H9BrClFO/c14-11-3-9-8(4-12(11)16)6-1-7(2-6)13(15)10(9)5-17/h3-7H,1-2H2. The molecule has 17 heavy (non-hydrogen) atoms. The lowest BCUT2D eigenvalue weighted by atomic mass is 9.72. The predicted molar refractivity (Wildman–Crippen MR) is 68.4 cm³/mol. The maximum Gasteiger partial charge on any atom is 0.151 e. The van der Waals surface area contributed by atoms with E-state index in [0.717, 1.165) is 30.3 Å². The summed E-state index contributed by atoms with van der Waals surface area (Å²) in [6.07, 6.45) is 2.63. The van der Waals surface area contributed by atoms with Crippen LogP contribution in [0.15, 0.2) is 21.6 Å². The molecule has 0 N–H and O–H groups in total. The van der Waals surface area contributed by atoms with Crippen LogP contribution < -0.4 is 0 Å². The highest BCUT2D eigenvalue weighted by Gasteiger charge is 2.39. The molecular formula is C13H9BrClFO. The van der Waals surface area contributed by atoms with Crippen molar-refractivity contribution in [2.75, 3.05) is 0 Å². The number of rotatable bonds is 1. The number of benzene rings is 1. The highest BCUT2D eigenvalue weighted by Crippen LogP contribution is 2.53. The van der Waals surface area contributed by atoms with Crippen molar-refractivity contribution < 1.29 is 9.18 Å². The fraction of sp³-hybridized carbons (Fsp3) is 0.308. The minimum Gasteiger partial charge on any atom is -0.298 e. The van der Waals surface area contributed by atoms with E-state index in [4.69, 9.17) is 11.6 Å². The van der Waals surface area contributed by atoms with Gasteiger partial charge in [0.05, 0.1) is 4.47 Å². The smallest absolute Gasteiger partial charge is 0.151 e. The Morgan fingerprint density at radius 3 is 2.71 bits per heavy atom. The molecule has 0 unspecified atom stereocenters. The monoisotopic (exact) mass is 314 g/mol. The number of allylic oxidation sites excluding steroid dienone is 2. The van der Waals surface area contributed by atoms with E-state index in [1.54, 1.807) is 6.07 Å². The molecule has 0 radical (unpaired) electrons. The third-order valence-electron chi connectivity index (χ3n) is 3.69. The van der Waals surface area contributed by atoms with Crippen LogP contribution >= 0.6 is 27.5 Å². The van der Waals surface area contributed by atoms with Gasteiger partial charge in [-0.3, -0.25) is 4.79 Å². The molecule has 1 fully saturated rings. The Kier molecular flexibility index (Phi) is 2.64. The predicted octanol–water partition coefficient (Wildman–Crippen LogP) is 4.24. The summed E-state index contributed by atoms with van der Waals surface area (Å²) in [5.41, 5.74) is 2.22. The van der Waals surface area contributed by atoms with Gasteiger partial charge in [-0.1, -0.05) is 11.6 Å². The van der Waals surface area contributed by atoms with Crippen LogP contribution in [0.25, 0.3) is 5.57 Å². The molecule has 3 aliphatic carbocycles. The molecule has 1 nitrogen and oxygen atoms in total. The fourth-order valence-electron chi connectivity index (χ4n) is 2.68. The molecule has 0 spiro atoms.